The highest BCUT2D eigenvalue weighted by atomic mass is 79.9. The summed E-state index contributed by atoms with van der Waals surface area (Å²) in [5, 5.41) is 3.23. The molecule has 0 aliphatic heterocycles. The summed E-state index contributed by atoms with van der Waals surface area (Å²) >= 11 is 9.29. The molecular weight excluding hydrogens is 332 g/mol. The van der Waals surface area contributed by atoms with Crippen LogP contribution < -0.4 is 15.8 Å². The molecule has 1 fully saturated rings. The van der Waals surface area contributed by atoms with Crippen LogP contribution >= 0.6 is 27.5 Å². The average molecular weight is 348 g/mol. The fraction of sp³-hybridized carbons (Fsp3) is 0.462. The van der Waals surface area contributed by atoms with Crippen molar-refractivity contribution in [3.63, 3.8) is 0 Å². The number of nitrogens with one attached hydrogen (secondary N) is 1. The number of hydrogen-bond acceptors (Lipinski definition) is 3. The van der Waals surface area contributed by atoms with Crippen LogP contribution in [-0.2, 0) is 4.79 Å². The predicted molar refractivity (Wildman–Crippen MR) is 78.4 cm³/mol. The van der Waals surface area contributed by atoms with Gasteiger partial charge in [0.15, 0.2) is 6.61 Å². The van der Waals surface area contributed by atoms with Crippen molar-refractivity contribution in [1.29, 1.82) is 0 Å². The fourth-order valence-electron chi connectivity index (χ4n) is 1.71. The number of rotatable bonds is 6. The largest absolute Gasteiger partial charge is 0.482 e. The second kappa shape index (κ2) is 6.59. The molecule has 104 valence electrons. The standard InChI is InChI=1S/C13H16BrClN2O2/c14-9-3-4-12(10(15)5-9)19-7-13(18)17-6-11(16)8-1-2-8/h3-5,8,11H,1-2,6-7,16H2,(H,17,18). The third kappa shape index (κ3) is 4.67. The van der Waals surface area contributed by atoms with Gasteiger partial charge in [-0.2, -0.15) is 0 Å². The molecule has 0 spiro atoms. The summed E-state index contributed by atoms with van der Waals surface area (Å²) in [5.41, 5.74) is 5.89. The first-order valence-corrected chi connectivity index (χ1v) is 7.33. The second-order valence-corrected chi connectivity index (χ2v) is 5.99. The normalized spacial score (nSPS) is 15.9. The average Bonchev–Trinajstić information content (AvgIpc) is 3.19. The molecular formula is C13H16BrClN2O2. The Morgan fingerprint density at radius 1 is 1.58 bits per heavy atom. The van der Waals surface area contributed by atoms with Gasteiger partial charge < -0.3 is 15.8 Å². The van der Waals surface area contributed by atoms with Crippen molar-refractivity contribution in [3.8, 4) is 5.75 Å². The summed E-state index contributed by atoms with van der Waals surface area (Å²) in [7, 11) is 0. The minimum absolute atomic E-state index is 0.0558. The predicted octanol–water partition coefficient (Wildman–Crippen LogP) is 2.33. The van der Waals surface area contributed by atoms with Crippen LogP contribution in [0.15, 0.2) is 22.7 Å². The van der Waals surface area contributed by atoms with Gasteiger partial charge >= 0.3 is 0 Å². The molecule has 1 atom stereocenters. The number of carbonyl (C=O) groups excluding carboxylic acids is 1. The van der Waals surface area contributed by atoms with E-state index in [0.29, 0.717) is 23.2 Å². The Morgan fingerprint density at radius 3 is 2.95 bits per heavy atom. The fourth-order valence-corrected chi connectivity index (χ4v) is 2.44. The number of amides is 1. The number of benzene rings is 1. The van der Waals surface area contributed by atoms with Crippen molar-refractivity contribution in [2.24, 2.45) is 11.7 Å². The first-order valence-electron chi connectivity index (χ1n) is 6.16. The maximum Gasteiger partial charge on any atom is 0.257 e. The molecule has 1 aromatic carbocycles. The van der Waals surface area contributed by atoms with E-state index in [1.807, 2.05) is 6.07 Å². The van der Waals surface area contributed by atoms with E-state index in [0.717, 1.165) is 4.47 Å². The maximum atomic E-state index is 11.6. The van der Waals surface area contributed by atoms with Gasteiger partial charge in [0, 0.05) is 17.1 Å². The van der Waals surface area contributed by atoms with E-state index in [1.165, 1.54) is 12.8 Å². The van der Waals surface area contributed by atoms with E-state index in [4.69, 9.17) is 22.1 Å². The van der Waals surface area contributed by atoms with Crippen molar-refractivity contribution < 1.29 is 9.53 Å². The minimum Gasteiger partial charge on any atom is -0.482 e. The van der Waals surface area contributed by atoms with Crippen LogP contribution in [-0.4, -0.2) is 25.1 Å². The Bertz CT molecular complexity index is 466. The topological polar surface area (TPSA) is 64.3 Å². The van der Waals surface area contributed by atoms with E-state index in [9.17, 15) is 4.79 Å². The maximum absolute atomic E-state index is 11.6. The summed E-state index contributed by atoms with van der Waals surface area (Å²) in [6, 6.07) is 5.30. The van der Waals surface area contributed by atoms with E-state index in [2.05, 4.69) is 21.2 Å². The van der Waals surface area contributed by atoms with Crippen LogP contribution in [0.3, 0.4) is 0 Å². The minimum atomic E-state index is -0.185. The third-order valence-electron chi connectivity index (χ3n) is 3.02. The van der Waals surface area contributed by atoms with Gasteiger partial charge in [-0.25, -0.2) is 0 Å². The van der Waals surface area contributed by atoms with Crippen LogP contribution in [0.25, 0.3) is 0 Å². The van der Waals surface area contributed by atoms with Crippen molar-refractivity contribution in [2.45, 2.75) is 18.9 Å². The Kier molecular flexibility index (Phi) is 5.07. The van der Waals surface area contributed by atoms with E-state index < -0.39 is 0 Å². The van der Waals surface area contributed by atoms with Crippen molar-refractivity contribution in [3.05, 3.63) is 27.7 Å². The summed E-state index contributed by atoms with van der Waals surface area (Å²) in [5.74, 6) is 0.878. The van der Waals surface area contributed by atoms with Crippen LogP contribution in [0, 0.1) is 5.92 Å². The molecule has 0 saturated heterocycles. The molecule has 1 unspecified atom stereocenters. The summed E-state index contributed by atoms with van der Waals surface area (Å²) < 4.78 is 6.22. The molecule has 4 nitrogen and oxygen atoms in total. The monoisotopic (exact) mass is 346 g/mol. The summed E-state index contributed by atoms with van der Waals surface area (Å²) in [6.07, 6.45) is 2.34. The Morgan fingerprint density at radius 2 is 2.32 bits per heavy atom. The molecule has 1 aliphatic rings. The lowest BCUT2D eigenvalue weighted by atomic mass is 10.2. The van der Waals surface area contributed by atoms with Crippen molar-refractivity contribution >= 4 is 33.4 Å². The number of carbonyl (C=O) groups is 1. The smallest absolute Gasteiger partial charge is 0.257 e. The van der Waals surface area contributed by atoms with Crippen LogP contribution in [0.2, 0.25) is 5.02 Å². The van der Waals surface area contributed by atoms with Gasteiger partial charge in [-0.05, 0) is 37.0 Å². The van der Waals surface area contributed by atoms with Gasteiger partial charge in [0.2, 0.25) is 0 Å². The number of halogens is 2. The van der Waals surface area contributed by atoms with E-state index in [1.54, 1.807) is 12.1 Å². The highest BCUT2D eigenvalue weighted by molar-refractivity contribution is 9.10. The van der Waals surface area contributed by atoms with E-state index in [-0.39, 0.29) is 18.6 Å². The quantitative estimate of drug-likeness (QED) is 0.830. The van der Waals surface area contributed by atoms with Crippen LogP contribution in [0.5, 0.6) is 5.75 Å². The van der Waals surface area contributed by atoms with Crippen LogP contribution in [0.1, 0.15) is 12.8 Å². The molecule has 3 N–H and O–H groups in total. The Hall–Kier alpha value is -0.780. The number of hydrogen-bond donors (Lipinski definition) is 2. The summed E-state index contributed by atoms with van der Waals surface area (Å²) in [6.45, 7) is 0.444. The molecule has 0 radical (unpaired) electrons. The molecule has 1 saturated carbocycles. The van der Waals surface area contributed by atoms with Gasteiger partial charge in [0.25, 0.3) is 5.91 Å². The zero-order valence-corrected chi connectivity index (χ0v) is 12.7. The molecule has 19 heavy (non-hydrogen) atoms. The van der Waals surface area contributed by atoms with Crippen molar-refractivity contribution in [2.75, 3.05) is 13.2 Å². The SMILES string of the molecule is NC(CNC(=O)COc1ccc(Br)cc1Cl)C1CC1. The lowest BCUT2D eigenvalue weighted by molar-refractivity contribution is -0.123. The van der Waals surface area contributed by atoms with Gasteiger partial charge in [-0.1, -0.05) is 27.5 Å². The molecule has 1 amide bonds. The molecule has 0 bridgehead atoms. The molecule has 1 aliphatic carbocycles. The zero-order chi connectivity index (χ0) is 13.8. The van der Waals surface area contributed by atoms with Gasteiger partial charge in [-0.15, -0.1) is 0 Å². The Balaban J connectivity index is 1.73. The second-order valence-electron chi connectivity index (χ2n) is 4.67. The first-order chi connectivity index (χ1) is 9.06. The van der Waals surface area contributed by atoms with Gasteiger partial charge in [-0.3, -0.25) is 4.79 Å². The third-order valence-corrected chi connectivity index (χ3v) is 3.80. The Labute approximate surface area is 125 Å². The van der Waals surface area contributed by atoms with Crippen LogP contribution in [0.4, 0.5) is 0 Å². The number of ether oxygens (including phenoxy) is 1. The van der Waals surface area contributed by atoms with E-state index >= 15 is 0 Å². The van der Waals surface area contributed by atoms with Gasteiger partial charge in [0.05, 0.1) is 5.02 Å². The first kappa shape index (κ1) is 14.6. The zero-order valence-electron chi connectivity index (χ0n) is 10.4. The molecule has 0 aromatic heterocycles. The molecule has 6 heteroatoms. The highest BCUT2D eigenvalue weighted by Crippen LogP contribution is 2.31. The lowest BCUT2D eigenvalue weighted by Crippen LogP contribution is -2.40. The highest BCUT2D eigenvalue weighted by Gasteiger charge is 2.28. The molecule has 0 heterocycles. The lowest BCUT2D eigenvalue weighted by Gasteiger charge is -2.12. The molecule has 2 rings (SSSR count). The van der Waals surface area contributed by atoms with Gasteiger partial charge in [0.1, 0.15) is 5.75 Å². The number of nitrogens with two attached hydrogens (primary N) is 1. The van der Waals surface area contributed by atoms with Crippen molar-refractivity contribution in [1.82, 2.24) is 5.32 Å². The summed E-state index contributed by atoms with van der Waals surface area (Å²) in [4.78, 5) is 11.6. The molecule has 1 aromatic rings.